The molecule has 0 bridgehead atoms. The van der Waals surface area contributed by atoms with E-state index in [1.165, 1.54) is 16.7 Å². The smallest absolute Gasteiger partial charge is 0.265 e. The highest BCUT2D eigenvalue weighted by atomic mass is 79.9. The van der Waals surface area contributed by atoms with Crippen molar-refractivity contribution in [1.29, 1.82) is 0 Å². The number of hydrogen-bond acceptors (Lipinski definition) is 6. The summed E-state index contributed by atoms with van der Waals surface area (Å²) in [6.07, 6.45) is 3.51. The van der Waals surface area contributed by atoms with Gasteiger partial charge in [0.25, 0.3) is 5.91 Å². The number of aromatic nitrogens is 1. The number of nitrogens with zero attached hydrogens (tertiary/aromatic N) is 2. The Morgan fingerprint density at radius 1 is 1.38 bits per heavy atom. The Hall–Kier alpha value is -1.90. The first-order valence-electron chi connectivity index (χ1n) is 7.61. The number of carbonyl (C=O) groups excluding carboxylic acids is 1. The van der Waals surface area contributed by atoms with Crippen LogP contribution in [0.2, 0.25) is 0 Å². The van der Waals surface area contributed by atoms with Crippen LogP contribution >= 0.6 is 39.9 Å². The fourth-order valence-corrected chi connectivity index (χ4v) is 4.04. The Bertz CT molecular complexity index is 888. The van der Waals surface area contributed by atoms with Crippen molar-refractivity contribution in [3.63, 3.8) is 0 Å². The molecule has 0 radical (unpaired) electrons. The molecule has 0 unspecified atom stereocenters. The van der Waals surface area contributed by atoms with Gasteiger partial charge in [-0.05, 0) is 51.8 Å². The van der Waals surface area contributed by atoms with Crippen molar-refractivity contribution in [2.45, 2.75) is 6.61 Å². The molecule has 1 amide bonds. The molecule has 134 valence electrons. The minimum absolute atomic E-state index is 0.106. The molecule has 1 aliphatic rings. The van der Waals surface area contributed by atoms with Crippen LogP contribution in [0.15, 0.2) is 45.9 Å². The molecule has 2 aromatic rings. The highest BCUT2D eigenvalue weighted by molar-refractivity contribution is 9.10. The van der Waals surface area contributed by atoms with E-state index in [1.807, 2.05) is 30.3 Å². The first-order chi connectivity index (χ1) is 12.5. The van der Waals surface area contributed by atoms with Gasteiger partial charge in [0.2, 0.25) is 0 Å². The molecular weight excluding hydrogens is 436 g/mol. The lowest BCUT2D eigenvalue weighted by Gasteiger charge is -2.13. The third-order valence-corrected chi connectivity index (χ3v) is 5.70. The number of amides is 1. The SMILES string of the molecule is COc1cc(C=C2SC(=S)N(C)C2=O)cc(Br)c1OCc1ccccn1. The van der Waals surface area contributed by atoms with Gasteiger partial charge < -0.3 is 9.47 Å². The summed E-state index contributed by atoms with van der Waals surface area (Å²) in [5.41, 5.74) is 1.63. The molecular formula is C18H15BrN2O3S2. The van der Waals surface area contributed by atoms with Crippen LogP contribution in [-0.4, -0.2) is 34.3 Å². The number of carbonyl (C=O) groups is 1. The van der Waals surface area contributed by atoms with Gasteiger partial charge in [0.1, 0.15) is 10.9 Å². The molecule has 0 spiro atoms. The van der Waals surface area contributed by atoms with Crippen molar-refractivity contribution < 1.29 is 14.3 Å². The zero-order valence-corrected chi connectivity index (χ0v) is 17.3. The van der Waals surface area contributed by atoms with Crippen LogP contribution in [0.1, 0.15) is 11.3 Å². The molecule has 1 aromatic heterocycles. The van der Waals surface area contributed by atoms with E-state index in [0.29, 0.717) is 27.3 Å². The van der Waals surface area contributed by atoms with Gasteiger partial charge in [0.15, 0.2) is 11.5 Å². The molecule has 0 N–H and O–H groups in total. The van der Waals surface area contributed by atoms with Crippen LogP contribution in [0, 0.1) is 0 Å². The Kier molecular flexibility index (Phi) is 5.95. The van der Waals surface area contributed by atoms with E-state index >= 15 is 0 Å². The van der Waals surface area contributed by atoms with Gasteiger partial charge in [-0.15, -0.1) is 0 Å². The number of hydrogen-bond donors (Lipinski definition) is 0. The van der Waals surface area contributed by atoms with Gasteiger partial charge in [-0.3, -0.25) is 14.7 Å². The number of likely N-dealkylation sites (N-methyl/N-ethyl adjacent to an activating group) is 1. The van der Waals surface area contributed by atoms with Crippen LogP contribution < -0.4 is 9.47 Å². The van der Waals surface area contributed by atoms with E-state index in [-0.39, 0.29) is 5.91 Å². The number of methoxy groups -OCH3 is 1. The predicted molar refractivity (Wildman–Crippen MR) is 110 cm³/mol. The standard InChI is InChI=1S/C18H15BrN2O3S2/c1-21-17(22)15(26-18(21)25)9-11-7-13(19)16(14(8-11)23-2)24-10-12-5-3-4-6-20-12/h3-9H,10H2,1-2H3. The van der Waals surface area contributed by atoms with Crippen molar-refractivity contribution in [3.05, 3.63) is 57.2 Å². The molecule has 0 saturated carbocycles. The fraction of sp³-hybridized carbons (Fsp3) is 0.167. The van der Waals surface area contributed by atoms with Gasteiger partial charge in [0, 0.05) is 13.2 Å². The maximum Gasteiger partial charge on any atom is 0.265 e. The Balaban J connectivity index is 1.86. The first-order valence-corrected chi connectivity index (χ1v) is 9.63. The molecule has 5 nitrogen and oxygen atoms in total. The van der Waals surface area contributed by atoms with E-state index in [0.717, 1.165) is 15.7 Å². The lowest BCUT2D eigenvalue weighted by atomic mass is 10.2. The summed E-state index contributed by atoms with van der Waals surface area (Å²) in [6, 6.07) is 9.35. The normalized spacial score (nSPS) is 15.7. The van der Waals surface area contributed by atoms with Crippen LogP contribution in [0.5, 0.6) is 11.5 Å². The topological polar surface area (TPSA) is 51.7 Å². The average Bonchev–Trinajstić information content (AvgIpc) is 2.88. The second kappa shape index (κ2) is 8.20. The van der Waals surface area contributed by atoms with Crippen LogP contribution in [0.3, 0.4) is 0 Å². The summed E-state index contributed by atoms with van der Waals surface area (Å²) >= 11 is 9.95. The molecule has 8 heteroatoms. The number of thioether (sulfide) groups is 1. The predicted octanol–water partition coefficient (Wildman–Crippen LogP) is 4.26. The number of pyridine rings is 1. The van der Waals surface area contributed by atoms with Crippen LogP contribution in [0.4, 0.5) is 0 Å². The van der Waals surface area contributed by atoms with E-state index in [4.69, 9.17) is 21.7 Å². The van der Waals surface area contributed by atoms with E-state index < -0.39 is 0 Å². The van der Waals surface area contributed by atoms with E-state index in [1.54, 1.807) is 26.4 Å². The summed E-state index contributed by atoms with van der Waals surface area (Å²) in [6.45, 7) is 0.323. The van der Waals surface area contributed by atoms with Crippen molar-refractivity contribution in [2.24, 2.45) is 0 Å². The lowest BCUT2D eigenvalue weighted by Crippen LogP contribution is -2.22. The molecule has 0 atom stereocenters. The average molecular weight is 451 g/mol. The van der Waals surface area contributed by atoms with Crippen molar-refractivity contribution in [2.75, 3.05) is 14.2 Å². The third-order valence-electron chi connectivity index (χ3n) is 3.63. The zero-order chi connectivity index (χ0) is 18.7. The minimum Gasteiger partial charge on any atom is -0.493 e. The van der Waals surface area contributed by atoms with E-state index in [9.17, 15) is 4.79 Å². The van der Waals surface area contributed by atoms with Crippen molar-refractivity contribution in [3.8, 4) is 11.5 Å². The Morgan fingerprint density at radius 2 is 2.19 bits per heavy atom. The Morgan fingerprint density at radius 3 is 2.81 bits per heavy atom. The number of rotatable bonds is 5. The zero-order valence-electron chi connectivity index (χ0n) is 14.1. The number of thiocarbonyl (C=S) groups is 1. The molecule has 1 saturated heterocycles. The van der Waals surface area contributed by atoms with Gasteiger partial charge in [0.05, 0.1) is 22.2 Å². The summed E-state index contributed by atoms with van der Waals surface area (Å²) in [5.74, 6) is 1.04. The molecule has 1 aromatic carbocycles. The summed E-state index contributed by atoms with van der Waals surface area (Å²) in [4.78, 5) is 18.4. The van der Waals surface area contributed by atoms with E-state index in [2.05, 4.69) is 20.9 Å². The van der Waals surface area contributed by atoms with Gasteiger partial charge >= 0.3 is 0 Å². The van der Waals surface area contributed by atoms with Crippen molar-refractivity contribution >= 4 is 56.2 Å². The number of benzene rings is 1. The molecule has 1 aliphatic heterocycles. The maximum atomic E-state index is 12.2. The fourth-order valence-electron chi connectivity index (χ4n) is 2.29. The first kappa shape index (κ1) is 18.9. The monoisotopic (exact) mass is 450 g/mol. The highest BCUT2D eigenvalue weighted by Crippen LogP contribution is 2.39. The van der Waals surface area contributed by atoms with Crippen LogP contribution in [0.25, 0.3) is 6.08 Å². The summed E-state index contributed by atoms with van der Waals surface area (Å²) < 4.78 is 12.6. The third kappa shape index (κ3) is 4.08. The number of halogens is 1. The largest absolute Gasteiger partial charge is 0.493 e. The van der Waals surface area contributed by atoms with Crippen molar-refractivity contribution in [1.82, 2.24) is 9.88 Å². The van der Waals surface area contributed by atoms with Gasteiger partial charge in [-0.2, -0.15) is 0 Å². The minimum atomic E-state index is -0.106. The molecule has 1 fully saturated rings. The Labute approximate surface area is 169 Å². The summed E-state index contributed by atoms with van der Waals surface area (Å²) in [5, 5.41) is 0. The molecule has 2 heterocycles. The highest BCUT2D eigenvalue weighted by Gasteiger charge is 2.28. The molecule has 3 rings (SSSR count). The summed E-state index contributed by atoms with van der Waals surface area (Å²) in [7, 11) is 3.24. The molecule has 0 aliphatic carbocycles. The second-order valence-electron chi connectivity index (χ2n) is 5.38. The van der Waals surface area contributed by atoms with Crippen LogP contribution in [-0.2, 0) is 11.4 Å². The van der Waals surface area contributed by atoms with Gasteiger partial charge in [-0.1, -0.05) is 30.0 Å². The number of ether oxygens (including phenoxy) is 2. The molecule has 26 heavy (non-hydrogen) atoms. The quantitative estimate of drug-likeness (QED) is 0.500. The second-order valence-corrected chi connectivity index (χ2v) is 7.91. The van der Waals surface area contributed by atoms with Gasteiger partial charge in [-0.25, -0.2) is 0 Å². The lowest BCUT2D eigenvalue weighted by molar-refractivity contribution is -0.121. The maximum absolute atomic E-state index is 12.2.